The Morgan fingerprint density at radius 2 is 1.72 bits per heavy atom. The largest absolute Gasteiger partial charge is 0.378 e. The molecule has 1 N–H and O–H groups in total. The normalized spacial score (nSPS) is 15.2. The number of morpholine rings is 1. The molecule has 0 atom stereocenters. The van der Waals surface area contributed by atoms with Crippen molar-refractivity contribution in [1.29, 1.82) is 0 Å². The number of halogens is 1. The Bertz CT molecular complexity index is 860. The Kier molecular flexibility index (Phi) is 5.12. The minimum absolute atomic E-state index is 0.0210. The van der Waals surface area contributed by atoms with Gasteiger partial charge in [-0.15, -0.1) is 0 Å². The first-order valence-electron chi connectivity index (χ1n) is 7.84. The van der Waals surface area contributed by atoms with Crippen molar-refractivity contribution in [2.24, 2.45) is 0 Å². The van der Waals surface area contributed by atoms with Crippen molar-refractivity contribution in [3.8, 4) is 0 Å². The van der Waals surface area contributed by atoms with Gasteiger partial charge in [0.25, 0.3) is 10.0 Å². The van der Waals surface area contributed by atoms with Crippen molar-refractivity contribution >= 4 is 33.3 Å². The third-order valence-corrected chi connectivity index (χ3v) is 5.77. The predicted octanol–water partition coefficient (Wildman–Crippen LogP) is 2.38. The SMILES string of the molecule is Cc1nc(N2CCOCC2)nc(C)c1NS(=O)(=O)c1ccccc1Cl. The fourth-order valence-electron chi connectivity index (χ4n) is 2.60. The van der Waals surface area contributed by atoms with E-state index in [0.717, 1.165) is 0 Å². The lowest BCUT2D eigenvalue weighted by Gasteiger charge is -2.27. The first-order valence-corrected chi connectivity index (χ1v) is 9.70. The molecule has 0 saturated carbocycles. The number of aryl methyl sites for hydroxylation is 2. The molecule has 9 heteroatoms. The van der Waals surface area contributed by atoms with Crippen molar-refractivity contribution < 1.29 is 13.2 Å². The molecule has 3 rings (SSSR count). The van der Waals surface area contributed by atoms with Gasteiger partial charge in [0.15, 0.2) is 0 Å². The number of hydrogen-bond acceptors (Lipinski definition) is 6. The molecule has 2 heterocycles. The second-order valence-corrected chi connectivity index (χ2v) is 7.76. The predicted molar refractivity (Wildman–Crippen MR) is 96.8 cm³/mol. The van der Waals surface area contributed by atoms with Crippen molar-refractivity contribution in [3.63, 3.8) is 0 Å². The highest BCUT2D eigenvalue weighted by atomic mass is 35.5. The highest BCUT2D eigenvalue weighted by molar-refractivity contribution is 7.92. The second-order valence-electron chi connectivity index (χ2n) is 5.70. The Morgan fingerprint density at radius 1 is 1.12 bits per heavy atom. The zero-order valence-electron chi connectivity index (χ0n) is 14.0. The number of ether oxygens (including phenoxy) is 1. The number of sulfonamides is 1. The van der Waals surface area contributed by atoms with Crippen LogP contribution in [0.3, 0.4) is 0 Å². The highest BCUT2D eigenvalue weighted by Crippen LogP contribution is 2.27. The van der Waals surface area contributed by atoms with Crippen molar-refractivity contribution in [1.82, 2.24) is 9.97 Å². The third-order valence-electron chi connectivity index (χ3n) is 3.92. The molecule has 25 heavy (non-hydrogen) atoms. The fourth-order valence-corrected chi connectivity index (χ4v) is 4.30. The van der Waals surface area contributed by atoms with Gasteiger partial charge in [0, 0.05) is 13.1 Å². The Labute approximate surface area is 152 Å². The van der Waals surface area contributed by atoms with E-state index in [4.69, 9.17) is 16.3 Å². The summed E-state index contributed by atoms with van der Waals surface area (Å²) in [6, 6.07) is 6.29. The lowest BCUT2D eigenvalue weighted by Crippen LogP contribution is -2.37. The van der Waals surface area contributed by atoms with Crippen LogP contribution in [0.5, 0.6) is 0 Å². The molecule has 7 nitrogen and oxygen atoms in total. The minimum atomic E-state index is -3.82. The molecule has 1 aromatic heterocycles. The van der Waals surface area contributed by atoms with Gasteiger partial charge in [0.2, 0.25) is 5.95 Å². The van der Waals surface area contributed by atoms with Gasteiger partial charge in [-0.05, 0) is 26.0 Å². The number of hydrogen-bond donors (Lipinski definition) is 1. The summed E-state index contributed by atoms with van der Waals surface area (Å²) in [5, 5.41) is 0.163. The molecule has 1 fully saturated rings. The van der Waals surface area contributed by atoms with Crippen molar-refractivity contribution in [2.45, 2.75) is 18.7 Å². The van der Waals surface area contributed by atoms with Crippen LogP contribution in [-0.2, 0) is 14.8 Å². The molecular weight excluding hydrogens is 364 g/mol. The average Bonchev–Trinajstić information content (AvgIpc) is 2.59. The number of aromatic nitrogens is 2. The van der Waals surface area contributed by atoms with Gasteiger partial charge in [-0.3, -0.25) is 4.72 Å². The summed E-state index contributed by atoms with van der Waals surface area (Å²) in [7, 11) is -3.82. The maximum atomic E-state index is 12.6. The van der Waals surface area contributed by atoms with E-state index < -0.39 is 10.0 Å². The van der Waals surface area contributed by atoms with Gasteiger partial charge in [0.1, 0.15) is 4.90 Å². The lowest BCUT2D eigenvalue weighted by molar-refractivity contribution is 0.122. The van der Waals surface area contributed by atoms with Crippen LogP contribution in [0.1, 0.15) is 11.4 Å². The van der Waals surface area contributed by atoms with Crippen LogP contribution < -0.4 is 9.62 Å². The first kappa shape index (κ1) is 17.9. The van der Waals surface area contributed by atoms with E-state index in [1.54, 1.807) is 26.0 Å². The van der Waals surface area contributed by atoms with E-state index in [-0.39, 0.29) is 9.92 Å². The molecule has 1 aliphatic heterocycles. The molecule has 1 aliphatic rings. The summed E-state index contributed by atoms with van der Waals surface area (Å²) >= 11 is 6.01. The molecule has 1 saturated heterocycles. The smallest absolute Gasteiger partial charge is 0.263 e. The lowest BCUT2D eigenvalue weighted by atomic mass is 10.3. The molecule has 2 aromatic rings. The van der Waals surface area contributed by atoms with Crippen molar-refractivity contribution in [3.05, 3.63) is 40.7 Å². The molecule has 134 valence electrons. The molecule has 0 spiro atoms. The summed E-state index contributed by atoms with van der Waals surface area (Å²) in [5.74, 6) is 0.582. The zero-order valence-corrected chi connectivity index (χ0v) is 15.6. The molecule has 0 amide bonds. The fraction of sp³-hybridized carbons (Fsp3) is 0.375. The Balaban J connectivity index is 1.91. The number of nitrogens with one attached hydrogen (secondary N) is 1. The Hall–Kier alpha value is -1.90. The van der Waals surface area contributed by atoms with E-state index in [1.807, 2.05) is 4.90 Å². The van der Waals surface area contributed by atoms with E-state index >= 15 is 0 Å². The number of rotatable bonds is 4. The van der Waals surface area contributed by atoms with Crippen LogP contribution in [0, 0.1) is 13.8 Å². The topological polar surface area (TPSA) is 84.4 Å². The molecular formula is C16H19ClN4O3S. The van der Waals surface area contributed by atoms with Crippen LogP contribution in [-0.4, -0.2) is 44.7 Å². The summed E-state index contributed by atoms with van der Waals surface area (Å²) in [4.78, 5) is 11.0. The summed E-state index contributed by atoms with van der Waals surface area (Å²) in [5.41, 5.74) is 1.49. The van der Waals surface area contributed by atoms with Crippen molar-refractivity contribution in [2.75, 3.05) is 35.9 Å². The monoisotopic (exact) mass is 382 g/mol. The van der Waals surface area contributed by atoms with Gasteiger partial charge in [-0.25, -0.2) is 18.4 Å². The standard InChI is InChI=1S/C16H19ClN4O3S/c1-11-15(20-25(22,23)14-6-4-3-5-13(14)17)12(2)19-16(18-11)21-7-9-24-10-8-21/h3-6,20H,7-10H2,1-2H3. The summed E-state index contributed by atoms with van der Waals surface area (Å²) < 4.78 is 33.2. The third kappa shape index (κ3) is 3.86. The number of nitrogens with zero attached hydrogens (tertiary/aromatic N) is 3. The molecule has 0 aliphatic carbocycles. The minimum Gasteiger partial charge on any atom is -0.378 e. The van der Waals surface area contributed by atoms with Gasteiger partial charge >= 0.3 is 0 Å². The van der Waals surface area contributed by atoms with Crippen LogP contribution >= 0.6 is 11.6 Å². The molecule has 1 aromatic carbocycles. The highest BCUT2D eigenvalue weighted by Gasteiger charge is 2.22. The van der Waals surface area contributed by atoms with Gasteiger partial charge in [-0.1, -0.05) is 23.7 Å². The van der Waals surface area contributed by atoms with E-state index in [9.17, 15) is 8.42 Å². The van der Waals surface area contributed by atoms with Crippen LogP contribution in [0.4, 0.5) is 11.6 Å². The zero-order chi connectivity index (χ0) is 18.0. The maximum absolute atomic E-state index is 12.6. The first-order chi connectivity index (χ1) is 11.9. The van der Waals surface area contributed by atoms with Gasteiger partial charge < -0.3 is 9.64 Å². The average molecular weight is 383 g/mol. The number of benzene rings is 1. The number of anilines is 2. The maximum Gasteiger partial charge on any atom is 0.263 e. The summed E-state index contributed by atoms with van der Waals surface area (Å²) in [6.07, 6.45) is 0. The summed E-state index contributed by atoms with van der Waals surface area (Å²) in [6.45, 7) is 6.18. The van der Waals surface area contributed by atoms with Crippen LogP contribution in [0.2, 0.25) is 5.02 Å². The van der Waals surface area contributed by atoms with E-state index in [0.29, 0.717) is 49.3 Å². The molecule has 0 radical (unpaired) electrons. The van der Waals surface area contributed by atoms with Gasteiger partial charge in [-0.2, -0.15) is 0 Å². The molecule has 0 bridgehead atoms. The van der Waals surface area contributed by atoms with Gasteiger partial charge in [0.05, 0.1) is 35.3 Å². The van der Waals surface area contributed by atoms with Crippen LogP contribution in [0.25, 0.3) is 0 Å². The van der Waals surface area contributed by atoms with Crippen LogP contribution in [0.15, 0.2) is 29.2 Å². The quantitative estimate of drug-likeness (QED) is 0.873. The van der Waals surface area contributed by atoms with E-state index in [1.165, 1.54) is 12.1 Å². The second kappa shape index (κ2) is 7.15. The molecule has 0 unspecified atom stereocenters. The Morgan fingerprint density at radius 3 is 2.32 bits per heavy atom. The van der Waals surface area contributed by atoms with E-state index in [2.05, 4.69) is 14.7 Å².